The maximum atomic E-state index is 12.2. The standard InChI is InChI=1S/C13H20N2O4S/c1-4-13(2,3)8-15-20(18,19)11-6-5-9(14)7-10(11)12(16)17/h5-7,15H,4,8,14H2,1-3H3,(H,16,17). The van der Waals surface area contributed by atoms with Gasteiger partial charge in [-0.15, -0.1) is 0 Å². The number of carboxylic acid groups (broad SMARTS) is 1. The fourth-order valence-electron chi connectivity index (χ4n) is 1.44. The average molecular weight is 300 g/mol. The van der Waals surface area contributed by atoms with Crippen molar-refractivity contribution in [3.63, 3.8) is 0 Å². The van der Waals surface area contributed by atoms with Crippen molar-refractivity contribution in [2.24, 2.45) is 5.41 Å². The fourth-order valence-corrected chi connectivity index (χ4v) is 2.86. The van der Waals surface area contributed by atoms with E-state index in [1.54, 1.807) is 0 Å². The van der Waals surface area contributed by atoms with Crippen molar-refractivity contribution in [3.8, 4) is 0 Å². The van der Waals surface area contributed by atoms with Crippen molar-refractivity contribution >= 4 is 21.7 Å². The molecule has 7 heteroatoms. The zero-order chi connectivity index (χ0) is 15.6. The summed E-state index contributed by atoms with van der Waals surface area (Å²) in [5, 5.41) is 9.08. The number of nitrogen functional groups attached to an aromatic ring is 1. The predicted octanol–water partition coefficient (Wildman–Crippen LogP) is 1.68. The lowest BCUT2D eigenvalue weighted by molar-refractivity contribution is 0.0692. The monoisotopic (exact) mass is 300 g/mol. The van der Waals surface area contributed by atoms with Crippen LogP contribution in [0.5, 0.6) is 0 Å². The topological polar surface area (TPSA) is 109 Å². The highest BCUT2D eigenvalue weighted by molar-refractivity contribution is 7.89. The predicted molar refractivity (Wildman–Crippen MR) is 77.1 cm³/mol. The molecule has 0 atom stereocenters. The van der Waals surface area contributed by atoms with Gasteiger partial charge in [-0.05, 0) is 30.0 Å². The van der Waals surface area contributed by atoms with Crippen LogP contribution in [0, 0.1) is 5.41 Å². The molecule has 0 heterocycles. The molecule has 0 fully saturated rings. The molecule has 20 heavy (non-hydrogen) atoms. The number of benzene rings is 1. The molecular formula is C13H20N2O4S. The van der Waals surface area contributed by atoms with Crippen LogP contribution in [0.1, 0.15) is 37.6 Å². The number of nitrogens with two attached hydrogens (primary N) is 1. The molecule has 0 amide bonds. The van der Waals surface area contributed by atoms with Crippen LogP contribution in [0.4, 0.5) is 5.69 Å². The van der Waals surface area contributed by atoms with Gasteiger partial charge in [0.05, 0.1) is 10.5 Å². The molecule has 0 aliphatic rings. The van der Waals surface area contributed by atoms with Gasteiger partial charge >= 0.3 is 5.97 Å². The molecule has 1 rings (SSSR count). The third-order valence-corrected chi connectivity index (χ3v) is 4.68. The number of carboxylic acids is 1. The number of hydrogen-bond acceptors (Lipinski definition) is 4. The molecule has 0 bridgehead atoms. The number of sulfonamides is 1. The Bertz CT molecular complexity index is 609. The molecule has 0 aliphatic heterocycles. The molecule has 4 N–H and O–H groups in total. The molecule has 0 spiro atoms. The van der Waals surface area contributed by atoms with Gasteiger partial charge in [0.15, 0.2) is 0 Å². The number of aromatic carboxylic acids is 1. The Morgan fingerprint density at radius 1 is 1.40 bits per heavy atom. The van der Waals surface area contributed by atoms with E-state index in [0.717, 1.165) is 12.5 Å². The Morgan fingerprint density at radius 3 is 2.50 bits per heavy atom. The molecule has 112 valence electrons. The molecule has 1 aromatic rings. The van der Waals surface area contributed by atoms with E-state index in [2.05, 4.69) is 4.72 Å². The van der Waals surface area contributed by atoms with Gasteiger partial charge < -0.3 is 10.8 Å². The third kappa shape index (κ3) is 3.94. The van der Waals surface area contributed by atoms with E-state index in [4.69, 9.17) is 10.8 Å². The normalized spacial score (nSPS) is 12.3. The molecule has 0 saturated heterocycles. The van der Waals surface area contributed by atoms with Gasteiger partial charge in [0.1, 0.15) is 0 Å². The van der Waals surface area contributed by atoms with E-state index < -0.39 is 16.0 Å². The Labute approximate surface area is 119 Å². The van der Waals surface area contributed by atoms with Gasteiger partial charge in [-0.1, -0.05) is 20.8 Å². The van der Waals surface area contributed by atoms with Gasteiger partial charge in [0.25, 0.3) is 0 Å². The maximum Gasteiger partial charge on any atom is 0.337 e. The molecule has 0 unspecified atom stereocenters. The summed E-state index contributed by atoms with van der Waals surface area (Å²) >= 11 is 0. The van der Waals surface area contributed by atoms with Crippen molar-refractivity contribution in [1.29, 1.82) is 0 Å². The molecule has 0 saturated carbocycles. The molecule has 6 nitrogen and oxygen atoms in total. The van der Waals surface area contributed by atoms with Gasteiger partial charge in [0, 0.05) is 12.2 Å². The van der Waals surface area contributed by atoms with Crippen LogP contribution in [0.15, 0.2) is 23.1 Å². The minimum Gasteiger partial charge on any atom is -0.478 e. The van der Waals surface area contributed by atoms with Gasteiger partial charge in [-0.2, -0.15) is 0 Å². The van der Waals surface area contributed by atoms with Crippen molar-refractivity contribution in [1.82, 2.24) is 4.72 Å². The highest BCUT2D eigenvalue weighted by Gasteiger charge is 2.25. The second-order valence-corrected chi connectivity index (χ2v) is 7.14. The molecule has 0 aliphatic carbocycles. The summed E-state index contributed by atoms with van der Waals surface area (Å²) in [6.07, 6.45) is 0.795. The number of nitrogens with one attached hydrogen (secondary N) is 1. The first-order chi connectivity index (χ1) is 9.09. The van der Waals surface area contributed by atoms with Crippen molar-refractivity contribution in [2.45, 2.75) is 32.1 Å². The van der Waals surface area contributed by atoms with Gasteiger partial charge in [0.2, 0.25) is 10.0 Å². The summed E-state index contributed by atoms with van der Waals surface area (Å²) in [7, 11) is -3.88. The van der Waals surface area contributed by atoms with E-state index >= 15 is 0 Å². The number of anilines is 1. The minimum atomic E-state index is -3.88. The first-order valence-electron chi connectivity index (χ1n) is 6.21. The Balaban J connectivity index is 3.13. The lowest BCUT2D eigenvalue weighted by atomic mass is 9.91. The summed E-state index contributed by atoms with van der Waals surface area (Å²) in [4.78, 5) is 10.9. The molecule has 1 aromatic carbocycles. The van der Waals surface area contributed by atoms with Crippen molar-refractivity contribution in [3.05, 3.63) is 23.8 Å². The van der Waals surface area contributed by atoms with Crippen LogP contribution in [0.3, 0.4) is 0 Å². The Hall–Kier alpha value is -1.60. The number of hydrogen-bond donors (Lipinski definition) is 3. The number of carbonyl (C=O) groups is 1. The van der Waals surface area contributed by atoms with Crippen LogP contribution in [-0.4, -0.2) is 26.0 Å². The lowest BCUT2D eigenvalue weighted by Crippen LogP contribution is -2.34. The minimum absolute atomic E-state index is 0.204. The summed E-state index contributed by atoms with van der Waals surface area (Å²) in [6.45, 7) is 6.04. The first kappa shape index (κ1) is 16.5. The van der Waals surface area contributed by atoms with Crippen LogP contribution in [0.25, 0.3) is 0 Å². The zero-order valence-electron chi connectivity index (χ0n) is 11.8. The summed E-state index contributed by atoms with van der Waals surface area (Å²) in [6, 6.07) is 3.72. The third-order valence-electron chi connectivity index (χ3n) is 3.22. The average Bonchev–Trinajstić information content (AvgIpc) is 2.36. The Morgan fingerprint density at radius 2 is 2.00 bits per heavy atom. The van der Waals surface area contributed by atoms with E-state index in [0.29, 0.717) is 0 Å². The largest absolute Gasteiger partial charge is 0.478 e. The highest BCUT2D eigenvalue weighted by atomic mass is 32.2. The quantitative estimate of drug-likeness (QED) is 0.692. The van der Waals surface area contributed by atoms with Gasteiger partial charge in [-0.25, -0.2) is 17.9 Å². The van der Waals surface area contributed by atoms with E-state index in [1.165, 1.54) is 12.1 Å². The molecule has 0 radical (unpaired) electrons. The van der Waals surface area contributed by atoms with Gasteiger partial charge in [-0.3, -0.25) is 0 Å². The summed E-state index contributed by atoms with van der Waals surface area (Å²) < 4.78 is 26.9. The zero-order valence-corrected chi connectivity index (χ0v) is 12.6. The summed E-state index contributed by atoms with van der Waals surface area (Å²) in [5.41, 5.74) is 5.17. The highest BCUT2D eigenvalue weighted by Crippen LogP contribution is 2.22. The van der Waals surface area contributed by atoms with Crippen LogP contribution in [-0.2, 0) is 10.0 Å². The van der Waals surface area contributed by atoms with Crippen LogP contribution in [0.2, 0.25) is 0 Å². The van der Waals surface area contributed by atoms with Crippen LogP contribution >= 0.6 is 0 Å². The fraction of sp³-hybridized carbons (Fsp3) is 0.462. The maximum absolute atomic E-state index is 12.2. The van der Waals surface area contributed by atoms with Crippen molar-refractivity contribution in [2.75, 3.05) is 12.3 Å². The number of rotatable bonds is 6. The van der Waals surface area contributed by atoms with E-state index in [9.17, 15) is 13.2 Å². The smallest absolute Gasteiger partial charge is 0.337 e. The second kappa shape index (κ2) is 5.80. The van der Waals surface area contributed by atoms with E-state index in [-0.39, 0.29) is 28.1 Å². The molecule has 0 aromatic heterocycles. The first-order valence-corrected chi connectivity index (χ1v) is 7.70. The second-order valence-electron chi connectivity index (χ2n) is 5.40. The molecular weight excluding hydrogens is 280 g/mol. The van der Waals surface area contributed by atoms with Crippen LogP contribution < -0.4 is 10.5 Å². The Kier molecular flexibility index (Phi) is 4.77. The van der Waals surface area contributed by atoms with E-state index in [1.807, 2.05) is 20.8 Å². The van der Waals surface area contributed by atoms with Crippen molar-refractivity contribution < 1.29 is 18.3 Å². The SMILES string of the molecule is CCC(C)(C)CNS(=O)(=O)c1ccc(N)cc1C(=O)O. The lowest BCUT2D eigenvalue weighted by Gasteiger charge is -2.23. The summed E-state index contributed by atoms with van der Waals surface area (Å²) in [5.74, 6) is -1.33.